The first-order valence-corrected chi connectivity index (χ1v) is 12.7. The molecule has 0 amide bonds. The SMILES string of the molecule is O=C(O)CCCC=CC[C@@H]1[C@H](CCCCSCC=Cc2ccccc2)[C@@H]2CC[C@H]1O2. The second kappa shape index (κ2) is 13.0. The summed E-state index contributed by atoms with van der Waals surface area (Å²) in [4.78, 5) is 10.6. The summed E-state index contributed by atoms with van der Waals surface area (Å²) in [5, 5.41) is 8.71. The van der Waals surface area contributed by atoms with Crippen LogP contribution in [0.5, 0.6) is 0 Å². The summed E-state index contributed by atoms with van der Waals surface area (Å²) in [5.74, 6) is 3.00. The number of unbranched alkanes of at least 4 members (excludes halogenated alkanes) is 2. The molecule has 0 unspecified atom stereocenters. The Morgan fingerprint density at radius 3 is 2.63 bits per heavy atom. The number of hydrogen-bond donors (Lipinski definition) is 1. The van der Waals surface area contributed by atoms with E-state index in [4.69, 9.17) is 9.84 Å². The fourth-order valence-corrected chi connectivity index (χ4v) is 5.63. The van der Waals surface area contributed by atoms with Crippen LogP contribution in [-0.2, 0) is 9.53 Å². The highest BCUT2D eigenvalue weighted by molar-refractivity contribution is 7.99. The minimum atomic E-state index is -0.699. The van der Waals surface area contributed by atoms with E-state index in [-0.39, 0.29) is 6.42 Å². The first kappa shape index (κ1) is 23.1. The minimum absolute atomic E-state index is 0.268. The molecule has 2 aliphatic heterocycles. The number of aliphatic carboxylic acids is 1. The summed E-state index contributed by atoms with van der Waals surface area (Å²) in [6.45, 7) is 0. The Morgan fingerprint density at radius 1 is 1.03 bits per heavy atom. The molecule has 0 radical (unpaired) electrons. The third-order valence-corrected chi connectivity index (χ3v) is 7.33. The Balaban J connectivity index is 1.28. The van der Waals surface area contributed by atoms with Gasteiger partial charge in [0, 0.05) is 12.2 Å². The summed E-state index contributed by atoms with van der Waals surface area (Å²) in [6.07, 6.45) is 19.2. The average molecular weight is 429 g/mol. The van der Waals surface area contributed by atoms with Gasteiger partial charge in [0.25, 0.3) is 0 Å². The van der Waals surface area contributed by atoms with Gasteiger partial charge in [-0.1, -0.05) is 61.1 Å². The molecule has 3 rings (SSSR count). The molecule has 4 atom stereocenters. The lowest BCUT2D eigenvalue weighted by Crippen LogP contribution is -2.26. The zero-order valence-electron chi connectivity index (χ0n) is 18.0. The Hall–Kier alpha value is -1.52. The lowest BCUT2D eigenvalue weighted by molar-refractivity contribution is -0.137. The standard InChI is InChI=1S/C26H36O3S/c27-26(28)16-7-2-1-6-14-22-23(25-18-17-24(22)29-25)15-8-9-19-30-20-10-13-21-11-4-3-5-12-21/h1,3-6,10-13,22-25H,2,7-9,14-20H2,(H,27,28)/t22-,23+,24-,25+/m1/s1. The van der Waals surface area contributed by atoms with Gasteiger partial charge in [-0.25, -0.2) is 0 Å². The van der Waals surface area contributed by atoms with Crippen LogP contribution in [0.15, 0.2) is 48.6 Å². The predicted molar refractivity (Wildman–Crippen MR) is 127 cm³/mol. The van der Waals surface area contributed by atoms with Gasteiger partial charge in [-0.3, -0.25) is 4.79 Å². The third kappa shape index (κ3) is 7.63. The molecular weight excluding hydrogens is 392 g/mol. The van der Waals surface area contributed by atoms with Gasteiger partial charge >= 0.3 is 5.97 Å². The molecule has 2 saturated heterocycles. The second-order valence-electron chi connectivity index (χ2n) is 8.49. The Kier molecular flexibility index (Phi) is 10.0. The lowest BCUT2D eigenvalue weighted by Gasteiger charge is -2.27. The first-order valence-electron chi connectivity index (χ1n) is 11.6. The molecular formula is C26H36O3S. The fourth-order valence-electron chi connectivity index (χ4n) is 4.82. The molecule has 4 heteroatoms. The predicted octanol–water partition coefficient (Wildman–Crippen LogP) is 6.60. The van der Waals surface area contributed by atoms with Gasteiger partial charge in [0.2, 0.25) is 0 Å². The van der Waals surface area contributed by atoms with Crippen molar-refractivity contribution < 1.29 is 14.6 Å². The van der Waals surface area contributed by atoms with Crippen LogP contribution in [-0.4, -0.2) is 34.8 Å². The van der Waals surface area contributed by atoms with E-state index in [1.165, 1.54) is 43.4 Å². The highest BCUT2D eigenvalue weighted by Gasteiger charge is 2.47. The average Bonchev–Trinajstić information content (AvgIpc) is 3.35. The van der Waals surface area contributed by atoms with Crippen molar-refractivity contribution in [2.75, 3.05) is 11.5 Å². The van der Waals surface area contributed by atoms with Crippen LogP contribution in [0.3, 0.4) is 0 Å². The summed E-state index contributed by atoms with van der Waals surface area (Å²) >= 11 is 2.02. The highest BCUT2D eigenvalue weighted by atomic mass is 32.2. The topological polar surface area (TPSA) is 46.5 Å². The van der Waals surface area contributed by atoms with E-state index in [0.717, 1.165) is 30.9 Å². The maximum absolute atomic E-state index is 10.6. The molecule has 30 heavy (non-hydrogen) atoms. The number of carboxylic acid groups (broad SMARTS) is 1. The minimum Gasteiger partial charge on any atom is -0.481 e. The maximum atomic E-state index is 10.6. The lowest BCUT2D eigenvalue weighted by atomic mass is 9.75. The molecule has 2 fully saturated rings. The summed E-state index contributed by atoms with van der Waals surface area (Å²) in [7, 11) is 0. The van der Waals surface area contributed by atoms with Crippen molar-refractivity contribution in [3.8, 4) is 0 Å². The van der Waals surface area contributed by atoms with Crippen LogP contribution in [0.4, 0.5) is 0 Å². The third-order valence-electron chi connectivity index (χ3n) is 6.33. The van der Waals surface area contributed by atoms with Crippen molar-refractivity contribution in [2.24, 2.45) is 11.8 Å². The fraction of sp³-hybridized carbons (Fsp3) is 0.577. The van der Waals surface area contributed by atoms with Crippen LogP contribution in [0.1, 0.15) is 63.4 Å². The normalized spacial score (nSPS) is 25.6. The van der Waals surface area contributed by atoms with E-state index in [1.54, 1.807) is 0 Å². The number of benzene rings is 1. The quantitative estimate of drug-likeness (QED) is 0.268. The largest absolute Gasteiger partial charge is 0.481 e. The van der Waals surface area contributed by atoms with Crippen LogP contribution in [0, 0.1) is 11.8 Å². The number of rotatable bonds is 14. The number of hydrogen-bond acceptors (Lipinski definition) is 3. The molecule has 0 aliphatic carbocycles. The van der Waals surface area contributed by atoms with Crippen molar-refractivity contribution in [1.82, 2.24) is 0 Å². The van der Waals surface area contributed by atoms with Gasteiger partial charge in [0.05, 0.1) is 12.2 Å². The highest BCUT2D eigenvalue weighted by Crippen LogP contribution is 2.47. The molecule has 2 bridgehead atoms. The molecule has 2 aliphatic rings. The molecule has 0 spiro atoms. The van der Waals surface area contributed by atoms with E-state index in [2.05, 4.69) is 54.6 Å². The van der Waals surface area contributed by atoms with E-state index < -0.39 is 5.97 Å². The molecule has 0 aromatic heterocycles. The molecule has 3 nitrogen and oxygen atoms in total. The zero-order valence-corrected chi connectivity index (χ0v) is 18.8. The number of ether oxygens (including phenoxy) is 1. The van der Waals surface area contributed by atoms with E-state index in [9.17, 15) is 4.79 Å². The van der Waals surface area contributed by atoms with Crippen molar-refractivity contribution in [1.29, 1.82) is 0 Å². The Bertz CT molecular complexity index is 685. The van der Waals surface area contributed by atoms with Gasteiger partial charge in [0.15, 0.2) is 0 Å². The van der Waals surface area contributed by atoms with Gasteiger partial charge in [0.1, 0.15) is 0 Å². The number of fused-ring (bicyclic) bond motifs is 2. The van der Waals surface area contributed by atoms with E-state index in [0.29, 0.717) is 18.1 Å². The van der Waals surface area contributed by atoms with Crippen LogP contribution < -0.4 is 0 Å². The number of allylic oxidation sites excluding steroid dienone is 2. The van der Waals surface area contributed by atoms with Crippen molar-refractivity contribution in [2.45, 2.75) is 70.0 Å². The van der Waals surface area contributed by atoms with Crippen LogP contribution in [0.25, 0.3) is 6.08 Å². The van der Waals surface area contributed by atoms with Crippen LogP contribution >= 0.6 is 11.8 Å². The number of carboxylic acids is 1. The monoisotopic (exact) mass is 428 g/mol. The van der Waals surface area contributed by atoms with Gasteiger partial charge in [-0.2, -0.15) is 11.8 Å². The smallest absolute Gasteiger partial charge is 0.303 e. The molecule has 1 aromatic carbocycles. The summed E-state index contributed by atoms with van der Waals surface area (Å²) in [5.41, 5.74) is 1.27. The van der Waals surface area contributed by atoms with Crippen molar-refractivity contribution >= 4 is 23.8 Å². The molecule has 2 heterocycles. The van der Waals surface area contributed by atoms with Gasteiger partial charge < -0.3 is 9.84 Å². The van der Waals surface area contributed by atoms with Crippen LogP contribution in [0.2, 0.25) is 0 Å². The van der Waals surface area contributed by atoms with Gasteiger partial charge in [-0.05, 0) is 68.1 Å². The maximum Gasteiger partial charge on any atom is 0.303 e. The molecule has 164 valence electrons. The zero-order chi connectivity index (χ0) is 21.0. The van der Waals surface area contributed by atoms with Gasteiger partial charge in [-0.15, -0.1) is 0 Å². The number of carbonyl (C=O) groups is 1. The Morgan fingerprint density at radius 2 is 1.83 bits per heavy atom. The summed E-state index contributed by atoms with van der Waals surface area (Å²) in [6, 6.07) is 10.5. The first-order chi connectivity index (χ1) is 14.7. The molecule has 1 aromatic rings. The second-order valence-corrected chi connectivity index (χ2v) is 9.64. The number of thioether (sulfide) groups is 1. The van der Waals surface area contributed by atoms with Crippen molar-refractivity contribution in [3.63, 3.8) is 0 Å². The van der Waals surface area contributed by atoms with E-state index >= 15 is 0 Å². The van der Waals surface area contributed by atoms with E-state index in [1.807, 2.05) is 11.8 Å². The van der Waals surface area contributed by atoms with Crippen molar-refractivity contribution in [3.05, 3.63) is 54.1 Å². The summed E-state index contributed by atoms with van der Waals surface area (Å²) < 4.78 is 6.23. The molecule has 1 N–H and O–H groups in total. The Labute approximate surface area is 186 Å². The molecule has 0 saturated carbocycles.